The topological polar surface area (TPSA) is 96.2 Å². The maximum absolute atomic E-state index is 13.6. The third-order valence-corrected chi connectivity index (χ3v) is 5.57. The highest BCUT2D eigenvalue weighted by Gasteiger charge is 2.48. The van der Waals surface area contributed by atoms with Crippen LogP contribution in [-0.2, 0) is 16.9 Å². The fourth-order valence-electron chi connectivity index (χ4n) is 3.96. The number of benzene rings is 2. The molecular formula is C23H16F2N4O3. The van der Waals surface area contributed by atoms with Gasteiger partial charge in [-0.15, -0.1) is 0 Å². The number of fused-ring (bicyclic) bond motifs is 1. The SMILES string of the molecule is O=C1NC(=O)[C@](Cn2cc3ccc(F)cc3c2O)(c2ccc(-c3ccc(F)cn3)cc2)N1. The van der Waals surface area contributed by atoms with Crippen LogP contribution >= 0.6 is 0 Å². The Morgan fingerprint density at radius 2 is 1.75 bits per heavy atom. The Morgan fingerprint density at radius 3 is 2.41 bits per heavy atom. The van der Waals surface area contributed by atoms with Gasteiger partial charge in [0.1, 0.15) is 11.6 Å². The predicted octanol–water partition coefficient (Wildman–Crippen LogP) is 3.42. The molecule has 3 heterocycles. The van der Waals surface area contributed by atoms with Crippen molar-refractivity contribution in [1.29, 1.82) is 0 Å². The zero-order chi connectivity index (χ0) is 22.5. The molecule has 0 bridgehead atoms. The van der Waals surface area contributed by atoms with Crippen LogP contribution in [0.25, 0.3) is 22.0 Å². The minimum atomic E-state index is -1.50. The van der Waals surface area contributed by atoms with Crippen LogP contribution in [-0.4, -0.2) is 26.6 Å². The van der Waals surface area contributed by atoms with Gasteiger partial charge in [0.15, 0.2) is 11.4 Å². The minimum absolute atomic E-state index is 0.124. The van der Waals surface area contributed by atoms with E-state index in [0.717, 1.165) is 6.20 Å². The Balaban J connectivity index is 1.56. The van der Waals surface area contributed by atoms with Crippen LogP contribution in [0.2, 0.25) is 0 Å². The molecule has 1 atom stereocenters. The number of aromatic nitrogens is 2. The summed E-state index contributed by atoms with van der Waals surface area (Å²) in [6, 6.07) is 12.9. The maximum Gasteiger partial charge on any atom is 0.322 e. The standard InChI is InChI=1S/C23H16F2N4O3/c24-16-6-3-14-11-29(20(30)18(14)9-16)12-23(21(31)27-22(32)28-23)15-4-1-13(2-5-15)19-8-7-17(25)10-26-19/h1-11,30H,12H2,(H2,27,28,31,32)/t23-/m0/s1. The lowest BCUT2D eigenvalue weighted by atomic mass is 9.88. The van der Waals surface area contributed by atoms with Gasteiger partial charge in [0.25, 0.3) is 5.91 Å². The third kappa shape index (κ3) is 3.15. The zero-order valence-corrected chi connectivity index (χ0v) is 16.5. The lowest BCUT2D eigenvalue weighted by Crippen LogP contribution is -2.47. The predicted molar refractivity (Wildman–Crippen MR) is 112 cm³/mol. The number of carbonyl (C=O) groups is 2. The van der Waals surface area contributed by atoms with E-state index in [0.29, 0.717) is 27.6 Å². The molecule has 3 amide bonds. The summed E-state index contributed by atoms with van der Waals surface area (Å²) in [6.45, 7) is -0.124. The second-order valence-electron chi connectivity index (χ2n) is 7.56. The number of amides is 3. The summed E-state index contributed by atoms with van der Waals surface area (Å²) >= 11 is 0. The Bertz CT molecular complexity index is 1370. The normalized spacial score (nSPS) is 18.1. The summed E-state index contributed by atoms with van der Waals surface area (Å²) in [5.74, 6) is -1.76. The first kappa shape index (κ1) is 19.7. The number of nitrogens with zero attached hydrogens (tertiary/aromatic N) is 2. The second kappa shape index (κ2) is 7.16. The van der Waals surface area contributed by atoms with Gasteiger partial charge in [-0.2, -0.15) is 0 Å². The van der Waals surface area contributed by atoms with Crippen molar-refractivity contribution < 1.29 is 23.5 Å². The van der Waals surface area contributed by atoms with E-state index >= 15 is 0 Å². The van der Waals surface area contributed by atoms with Crippen molar-refractivity contribution in [3.05, 3.63) is 84.2 Å². The monoisotopic (exact) mass is 434 g/mol. The number of hydrogen-bond donors (Lipinski definition) is 3. The van der Waals surface area contributed by atoms with E-state index in [4.69, 9.17) is 0 Å². The number of rotatable bonds is 4. The third-order valence-electron chi connectivity index (χ3n) is 5.57. The Hall–Kier alpha value is -4.27. The van der Waals surface area contributed by atoms with E-state index in [-0.39, 0.29) is 12.4 Å². The maximum atomic E-state index is 13.6. The minimum Gasteiger partial charge on any atom is -0.494 e. The summed E-state index contributed by atoms with van der Waals surface area (Å²) in [7, 11) is 0. The van der Waals surface area contributed by atoms with E-state index < -0.39 is 29.1 Å². The van der Waals surface area contributed by atoms with Crippen LogP contribution in [0.4, 0.5) is 13.6 Å². The quantitative estimate of drug-likeness (QED) is 0.429. The summed E-state index contributed by atoms with van der Waals surface area (Å²) < 4.78 is 28.2. The molecule has 0 aliphatic carbocycles. The number of aromatic hydroxyl groups is 1. The smallest absolute Gasteiger partial charge is 0.322 e. The van der Waals surface area contributed by atoms with Gasteiger partial charge >= 0.3 is 6.03 Å². The van der Waals surface area contributed by atoms with Gasteiger partial charge in [0.05, 0.1) is 18.4 Å². The Morgan fingerprint density at radius 1 is 1.00 bits per heavy atom. The number of nitrogens with one attached hydrogen (secondary N) is 2. The molecule has 0 unspecified atom stereocenters. The zero-order valence-electron chi connectivity index (χ0n) is 16.5. The highest BCUT2D eigenvalue weighted by atomic mass is 19.1. The van der Waals surface area contributed by atoms with E-state index in [1.807, 2.05) is 0 Å². The molecule has 32 heavy (non-hydrogen) atoms. The largest absolute Gasteiger partial charge is 0.494 e. The summed E-state index contributed by atoms with van der Waals surface area (Å²) in [4.78, 5) is 29.0. The second-order valence-corrected chi connectivity index (χ2v) is 7.56. The molecule has 1 fully saturated rings. The van der Waals surface area contributed by atoms with Gasteiger partial charge in [-0.25, -0.2) is 13.6 Å². The first-order chi connectivity index (χ1) is 15.4. The molecule has 0 saturated carbocycles. The highest BCUT2D eigenvalue weighted by Crippen LogP contribution is 2.34. The van der Waals surface area contributed by atoms with Gasteiger partial charge in [-0.1, -0.05) is 24.3 Å². The first-order valence-electron chi connectivity index (χ1n) is 9.69. The molecule has 1 saturated heterocycles. The van der Waals surface area contributed by atoms with Crippen molar-refractivity contribution in [2.75, 3.05) is 0 Å². The van der Waals surface area contributed by atoms with Gasteiger partial charge in [0, 0.05) is 22.5 Å². The molecular weight excluding hydrogens is 418 g/mol. The van der Waals surface area contributed by atoms with Crippen molar-refractivity contribution in [3.63, 3.8) is 0 Å². The molecule has 160 valence electrons. The van der Waals surface area contributed by atoms with E-state index in [9.17, 15) is 23.5 Å². The number of pyridine rings is 1. The van der Waals surface area contributed by atoms with Crippen molar-refractivity contribution >= 4 is 22.7 Å². The van der Waals surface area contributed by atoms with Gasteiger partial charge in [0.2, 0.25) is 0 Å². The summed E-state index contributed by atoms with van der Waals surface area (Å²) in [5, 5.41) is 16.4. The Labute approximate surface area is 180 Å². The van der Waals surface area contributed by atoms with E-state index in [1.165, 1.54) is 34.9 Å². The van der Waals surface area contributed by atoms with Crippen molar-refractivity contribution in [2.24, 2.45) is 0 Å². The van der Waals surface area contributed by atoms with Crippen LogP contribution in [0.15, 0.2) is 67.0 Å². The number of halogens is 2. The molecule has 3 N–H and O–H groups in total. The molecule has 0 spiro atoms. The lowest BCUT2D eigenvalue weighted by Gasteiger charge is -2.27. The van der Waals surface area contributed by atoms with E-state index in [1.54, 1.807) is 30.5 Å². The molecule has 0 radical (unpaired) electrons. The number of carbonyl (C=O) groups excluding carboxylic acids is 2. The van der Waals surface area contributed by atoms with Crippen LogP contribution in [0.5, 0.6) is 5.88 Å². The number of urea groups is 1. The average molecular weight is 434 g/mol. The molecule has 9 heteroatoms. The van der Waals surface area contributed by atoms with Gasteiger partial charge in [-0.05, 0) is 35.9 Å². The molecule has 5 rings (SSSR count). The molecule has 1 aliphatic heterocycles. The molecule has 2 aromatic carbocycles. The molecule has 2 aromatic heterocycles. The van der Waals surface area contributed by atoms with Crippen molar-refractivity contribution in [2.45, 2.75) is 12.1 Å². The van der Waals surface area contributed by atoms with Crippen LogP contribution in [0, 0.1) is 11.6 Å². The Kier molecular flexibility index (Phi) is 4.40. The fourth-order valence-corrected chi connectivity index (χ4v) is 3.96. The average Bonchev–Trinajstić information content (AvgIpc) is 3.24. The van der Waals surface area contributed by atoms with E-state index in [2.05, 4.69) is 15.6 Å². The fraction of sp³-hybridized carbons (Fsp3) is 0.0870. The van der Waals surface area contributed by atoms with Gasteiger partial charge < -0.3 is 15.0 Å². The van der Waals surface area contributed by atoms with Gasteiger partial charge in [-0.3, -0.25) is 15.1 Å². The van der Waals surface area contributed by atoms with Crippen LogP contribution in [0.3, 0.4) is 0 Å². The molecule has 7 nitrogen and oxygen atoms in total. The number of hydrogen-bond acceptors (Lipinski definition) is 4. The van der Waals surface area contributed by atoms with Crippen molar-refractivity contribution in [3.8, 4) is 17.1 Å². The first-order valence-corrected chi connectivity index (χ1v) is 9.69. The van der Waals surface area contributed by atoms with Crippen molar-refractivity contribution in [1.82, 2.24) is 20.2 Å². The lowest BCUT2D eigenvalue weighted by molar-refractivity contribution is -0.124. The highest BCUT2D eigenvalue weighted by molar-refractivity contribution is 6.07. The summed E-state index contributed by atoms with van der Waals surface area (Å²) in [5.41, 5.74) is 0.202. The van der Waals surface area contributed by atoms with Crippen LogP contribution in [0.1, 0.15) is 5.56 Å². The molecule has 1 aliphatic rings. The number of imide groups is 1. The summed E-state index contributed by atoms with van der Waals surface area (Å²) in [6.07, 6.45) is 2.69. The molecule has 4 aromatic rings. The van der Waals surface area contributed by atoms with Crippen LogP contribution < -0.4 is 10.6 Å².